The molecule has 0 spiro atoms. The fourth-order valence-corrected chi connectivity index (χ4v) is 4.86. The van der Waals surface area contributed by atoms with Crippen molar-refractivity contribution in [3.8, 4) is 11.8 Å². The van der Waals surface area contributed by atoms with Gasteiger partial charge in [-0.05, 0) is 62.4 Å². The van der Waals surface area contributed by atoms with Gasteiger partial charge in [0.25, 0.3) is 0 Å². The minimum atomic E-state index is 0.263. The van der Waals surface area contributed by atoms with Crippen LogP contribution in [0.5, 0.6) is 0 Å². The van der Waals surface area contributed by atoms with Gasteiger partial charge in [-0.25, -0.2) is 0 Å². The smallest absolute Gasteiger partial charge is 0.0593 e. The molecule has 3 atom stereocenters. The van der Waals surface area contributed by atoms with E-state index in [1.807, 2.05) is 0 Å². The summed E-state index contributed by atoms with van der Waals surface area (Å²) in [6, 6.07) is 9.65. The Morgan fingerprint density at radius 1 is 1.11 bits per heavy atom. The van der Waals surface area contributed by atoms with Crippen molar-refractivity contribution in [2.24, 2.45) is 11.8 Å². The summed E-state index contributed by atoms with van der Waals surface area (Å²) in [6.45, 7) is 9.34. The largest absolute Gasteiger partial charge is 0.395 e. The summed E-state index contributed by atoms with van der Waals surface area (Å²) in [4.78, 5) is 5.29. The first-order valence-corrected chi connectivity index (χ1v) is 10.9. The molecule has 2 aliphatic heterocycles. The maximum atomic E-state index is 10.1. The minimum Gasteiger partial charge on any atom is -0.395 e. The molecule has 2 saturated heterocycles. The van der Waals surface area contributed by atoms with Crippen molar-refractivity contribution in [1.29, 1.82) is 0 Å². The maximum absolute atomic E-state index is 10.1. The molecule has 0 radical (unpaired) electrons. The van der Waals surface area contributed by atoms with Crippen LogP contribution in [0.3, 0.4) is 0 Å². The Labute approximate surface area is 164 Å². The second kappa shape index (κ2) is 8.35. The molecular formula is C24H34N2O. The van der Waals surface area contributed by atoms with Crippen LogP contribution in [0.1, 0.15) is 56.6 Å². The average Bonchev–Trinajstić information content (AvgIpc) is 3.45. The van der Waals surface area contributed by atoms with E-state index in [9.17, 15) is 5.11 Å². The molecule has 0 aromatic heterocycles. The van der Waals surface area contributed by atoms with E-state index in [1.165, 1.54) is 44.3 Å². The molecule has 3 nitrogen and oxygen atoms in total. The summed E-state index contributed by atoms with van der Waals surface area (Å²) in [5.74, 6) is 8.30. The van der Waals surface area contributed by atoms with Gasteiger partial charge in [0.2, 0.25) is 0 Å². The third kappa shape index (κ3) is 4.40. The van der Waals surface area contributed by atoms with E-state index >= 15 is 0 Å². The topological polar surface area (TPSA) is 26.7 Å². The fourth-order valence-electron chi connectivity index (χ4n) is 4.86. The van der Waals surface area contributed by atoms with Gasteiger partial charge in [0, 0.05) is 42.6 Å². The van der Waals surface area contributed by atoms with E-state index in [2.05, 4.69) is 59.8 Å². The lowest BCUT2D eigenvalue weighted by Gasteiger charge is -2.57. The molecule has 146 valence electrons. The van der Waals surface area contributed by atoms with Crippen LogP contribution in [0.15, 0.2) is 24.3 Å². The third-order valence-corrected chi connectivity index (χ3v) is 6.47. The lowest BCUT2D eigenvalue weighted by atomic mass is 9.74. The van der Waals surface area contributed by atoms with E-state index in [1.54, 1.807) is 0 Å². The van der Waals surface area contributed by atoms with Crippen LogP contribution in [-0.2, 0) is 0 Å². The first-order chi connectivity index (χ1) is 13.2. The van der Waals surface area contributed by atoms with Crippen molar-refractivity contribution in [2.75, 3.05) is 32.8 Å². The molecule has 4 rings (SSSR count). The first-order valence-electron chi connectivity index (χ1n) is 10.9. The highest BCUT2D eigenvalue weighted by Crippen LogP contribution is 2.42. The quantitative estimate of drug-likeness (QED) is 0.828. The molecule has 3 fully saturated rings. The summed E-state index contributed by atoms with van der Waals surface area (Å²) in [5.41, 5.74) is 2.47. The summed E-state index contributed by atoms with van der Waals surface area (Å²) in [6.07, 6.45) is 5.39. The van der Waals surface area contributed by atoms with Crippen molar-refractivity contribution < 1.29 is 5.11 Å². The van der Waals surface area contributed by atoms with Crippen molar-refractivity contribution in [3.05, 3.63) is 35.4 Å². The lowest BCUT2D eigenvalue weighted by molar-refractivity contribution is -0.0649. The van der Waals surface area contributed by atoms with Crippen molar-refractivity contribution in [2.45, 2.75) is 57.5 Å². The van der Waals surface area contributed by atoms with E-state index in [-0.39, 0.29) is 12.6 Å². The van der Waals surface area contributed by atoms with Crippen LogP contribution < -0.4 is 0 Å². The summed E-state index contributed by atoms with van der Waals surface area (Å²) >= 11 is 0. The first kappa shape index (κ1) is 19.0. The highest BCUT2D eigenvalue weighted by molar-refractivity contribution is 5.39. The van der Waals surface area contributed by atoms with Gasteiger partial charge in [0.1, 0.15) is 0 Å². The highest BCUT2D eigenvalue weighted by atomic mass is 16.3. The minimum absolute atomic E-state index is 0.263. The van der Waals surface area contributed by atoms with Gasteiger partial charge in [0.15, 0.2) is 0 Å². The Morgan fingerprint density at radius 3 is 2.52 bits per heavy atom. The Balaban J connectivity index is 1.50. The van der Waals surface area contributed by atoms with Gasteiger partial charge < -0.3 is 10.0 Å². The van der Waals surface area contributed by atoms with Gasteiger partial charge >= 0.3 is 0 Å². The standard InChI is InChI=1S/C24H34N2O/c1-18(2)5-6-19-9-11-21(12-10-19)24-22-16-25(15-20-7-8-20)13-3-4-14-26(22)23(24)17-27/h9-12,18,20,22-24,27H,3-4,7-8,13-17H2,1-2H3/t22-,23+,24-/m1/s1. The second-order valence-corrected chi connectivity index (χ2v) is 9.04. The molecule has 3 heteroatoms. The number of hydrogen-bond acceptors (Lipinski definition) is 3. The lowest BCUT2D eigenvalue weighted by Crippen LogP contribution is -2.67. The number of hydrogen-bond donors (Lipinski definition) is 1. The number of benzene rings is 1. The van der Waals surface area contributed by atoms with Gasteiger partial charge in [-0.2, -0.15) is 0 Å². The van der Waals surface area contributed by atoms with Gasteiger partial charge in [0.05, 0.1) is 6.61 Å². The van der Waals surface area contributed by atoms with Crippen LogP contribution in [0.25, 0.3) is 0 Å². The number of fused-ring (bicyclic) bond motifs is 1. The Bertz CT molecular complexity index is 683. The molecule has 3 aliphatic rings. The van der Waals surface area contributed by atoms with Crippen LogP contribution in [0.2, 0.25) is 0 Å². The monoisotopic (exact) mass is 366 g/mol. The summed E-state index contributed by atoms with van der Waals surface area (Å²) in [5, 5.41) is 10.1. The number of aliphatic hydroxyl groups is 1. The van der Waals surface area contributed by atoms with Crippen LogP contribution in [0.4, 0.5) is 0 Å². The number of aliphatic hydroxyl groups excluding tert-OH is 1. The molecular weight excluding hydrogens is 332 g/mol. The average molecular weight is 367 g/mol. The molecule has 27 heavy (non-hydrogen) atoms. The normalized spacial score (nSPS) is 29.3. The van der Waals surface area contributed by atoms with E-state index in [4.69, 9.17) is 0 Å². The van der Waals surface area contributed by atoms with E-state index in [0.717, 1.165) is 24.6 Å². The Kier molecular flexibility index (Phi) is 5.88. The van der Waals surface area contributed by atoms with Crippen LogP contribution >= 0.6 is 0 Å². The predicted octanol–water partition coefficient (Wildman–Crippen LogP) is 3.33. The van der Waals surface area contributed by atoms with Crippen molar-refractivity contribution in [1.82, 2.24) is 9.80 Å². The van der Waals surface area contributed by atoms with Crippen LogP contribution in [-0.4, -0.2) is 59.8 Å². The summed E-state index contributed by atoms with van der Waals surface area (Å²) in [7, 11) is 0. The molecule has 1 N–H and O–H groups in total. The predicted molar refractivity (Wildman–Crippen MR) is 111 cm³/mol. The number of nitrogens with zero attached hydrogens (tertiary/aromatic N) is 2. The van der Waals surface area contributed by atoms with E-state index in [0.29, 0.717) is 17.9 Å². The van der Waals surface area contributed by atoms with Crippen molar-refractivity contribution >= 4 is 0 Å². The summed E-state index contributed by atoms with van der Waals surface area (Å²) < 4.78 is 0. The van der Waals surface area contributed by atoms with Gasteiger partial charge in [-0.15, -0.1) is 0 Å². The van der Waals surface area contributed by atoms with Gasteiger partial charge in [-0.1, -0.05) is 37.8 Å². The molecule has 1 aliphatic carbocycles. The maximum Gasteiger partial charge on any atom is 0.0593 e. The molecule has 2 heterocycles. The zero-order valence-electron chi connectivity index (χ0n) is 16.9. The zero-order valence-corrected chi connectivity index (χ0v) is 16.9. The molecule has 0 amide bonds. The number of rotatable bonds is 4. The molecule has 1 aromatic carbocycles. The van der Waals surface area contributed by atoms with Gasteiger partial charge in [-0.3, -0.25) is 4.90 Å². The van der Waals surface area contributed by atoms with Crippen LogP contribution in [0, 0.1) is 23.7 Å². The molecule has 0 unspecified atom stereocenters. The van der Waals surface area contributed by atoms with Crippen molar-refractivity contribution in [3.63, 3.8) is 0 Å². The van der Waals surface area contributed by atoms with E-state index < -0.39 is 0 Å². The molecule has 1 saturated carbocycles. The Hall–Kier alpha value is -1.34. The molecule has 1 aromatic rings. The highest BCUT2D eigenvalue weighted by Gasteiger charge is 2.49. The third-order valence-electron chi connectivity index (χ3n) is 6.47. The zero-order chi connectivity index (χ0) is 18.8. The fraction of sp³-hybridized carbons (Fsp3) is 0.667. The SMILES string of the molecule is CC(C)C#Cc1ccc([C@@H]2[C@H]3CN(CC4CC4)CCCCN3[C@H]2CO)cc1. The Morgan fingerprint density at radius 2 is 1.85 bits per heavy atom. The second-order valence-electron chi connectivity index (χ2n) is 9.04. The molecule has 0 bridgehead atoms.